The van der Waals surface area contributed by atoms with Crippen LogP contribution in [0.3, 0.4) is 0 Å². The fourth-order valence-corrected chi connectivity index (χ4v) is 1.62. The van der Waals surface area contributed by atoms with Crippen LogP contribution in [0, 0.1) is 0 Å². The van der Waals surface area contributed by atoms with Crippen LogP contribution in [0.4, 0.5) is 5.82 Å². The van der Waals surface area contributed by atoms with Gasteiger partial charge in [-0.05, 0) is 6.42 Å². The van der Waals surface area contributed by atoms with Crippen LogP contribution in [-0.2, 0) is 6.54 Å². The molecule has 0 amide bonds. The second-order valence-electron chi connectivity index (χ2n) is 3.22. The Balaban J connectivity index is 2.70. The average molecular weight is 181 g/mol. The Morgan fingerprint density at radius 2 is 2.15 bits per heavy atom. The van der Waals surface area contributed by atoms with Crippen molar-refractivity contribution in [3.05, 3.63) is 26.9 Å². The van der Waals surface area contributed by atoms with Crippen molar-refractivity contribution in [3.63, 3.8) is 0 Å². The lowest BCUT2D eigenvalue weighted by molar-refractivity contribution is 0.552. The molecule has 70 valence electrons. The Labute approximate surface area is 74.6 Å². The molecular formula is C8H11N3O2. The van der Waals surface area contributed by atoms with Gasteiger partial charge in [-0.3, -0.25) is 14.3 Å². The Kier molecular flexibility index (Phi) is 1.72. The SMILES string of the molecule is CN1CCCn2c1cc(=O)[nH]c2=O. The van der Waals surface area contributed by atoms with Crippen LogP contribution in [0.1, 0.15) is 6.42 Å². The van der Waals surface area contributed by atoms with E-state index in [0.29, 0.717) is 12.4 Å². The number of fused-ring (bicyclic) bond motifs is 1. The van der Waals surface area contributed by atoms with Crippen molar-refractivity contribution >= 4 is 5.82 Å². The molecule has 2 rings (SSSR count). The summed E-state index contributed by atoms with van der Waals surface area (Å²) < 4.78 is 1.59. The molecule has 0 saturated heterocycles. The van der Waals surface area contributed by atoms with Crippen LogP contribution in [0.25, 0.3) is 0 Å². The van der Waals surface area contributed by atoms with E-state index in [1.54, 1.807) is 4.57 Å². The largest absolute Gasteiger partial charge is 0.361 e. The maximum absolute atomic E-state index is 11.3. The van der Waals surface area contributed by atoms with E-state index in [1.807, 2.05) is 11.9 Å². The van der Waals surface area contributed by atoms with Gasteiger partial charge in [-0.15, -0.1) is 0 Å². The van der Waals surface area contributed by atoms with E-state index in [2.05, 4.69) is 4.98 Å². The van der Waals surface area contributed by atoms with Crippen LogP contribution in [0.2, 0.25) is 0 Å². The van der Waals surface area contributed by atoms with Gasteiger partial charge in [0.2, 0.25) is 0 Å². The molecule has 1 aliphatic heterocycles. The minimum atomic E-state index is -0.329. The maximum atomic E-state index is 11.3. The first-order valence-electron chi connectivity index (χ1n) is 4.24. The lowest BCUT2D eigenvalue weighted by atomic mass is 10.3. The van der Waals surface area contributed by atoms with Crippen molar-refractivity contribution in [2.45, 2.75) is 13.0 Å². The monoisotopic (exact) mass is 181 g/mol. The van der Waals surface area contributed by atoms with E-state index < -0.39 is 0 Å². The van der Waals surface area contributed by atoms with Crippen molar-refractivity contribution in [1.82, 2.24) is 9.55 Å². The van der Waals surface area contributed by atoms with Gasteiger partial charge in [-0.25, -0.2) is 4.79 Å². The molecule has 0 spiro atoms. The van der Waals surface area contributed by atoms with Gasteiger partial charge in [0, 0.05) is 26.2 Å². The zero-order valence-electron chi connectivity index (χ0n) is 7.41. The summed E-state index contributed by atoms with van der Waals surface area (Å²) in [6.45, 7) is 1.58. The zero-order valence-corrected chi connectivity index (χ0v) is 7.41. The Bertz CT molecular complexity index is 432. The predicted molar refractivity (Wildman–Crippen MR) is 49.2 cm³/mol. The van der Waals surface area contributed by atoms with Crippen LogP contribution in [0.15, 0.2) is 15.7 Å². The number of anilines is 1. The second-order valence-corrected chi connectivity index (χ2v) is 3.22. The lowest BCUT2D eigenvalue weighted by Gasteiger charge is -2.27. The highest BCUT2D eigenvalue weighted by Crippen LogP contribution is 2.13. The average Bonchev–Trinajstić information content (AvgIpc) is 2.07. The van der Waals surface area contributed by atoms with E-state index in [9.17, 15) is 9.59 Å². The third-order valence-corrected chi connectivity index (χ3v) is 2.28. The van der Waals surface area contributed by atoms with Crippen molar-refractivity contribution in [2.24, 2.45) is 0 Å². The first-order chi connectivity index (χ1) is 6.18. The summed E-state index contributed by atoms with van der Waals surface area (Å²) in [5, 5.41) is 0. The minimum Gasteiger partial charge on any atom is -0.361 e. The van der Waals surface area contributed by atoms with Crippen LogP contribution in [-0.4, -0.2) is 23.1 Å². The van der Waals surface area contributed by atoms with Gasteiger partial charge >= 0.3 is 5.69 Å². The van der Waals surface area contributed by atoms with Crippen molar-refractivity contribution in [3.8, 4) is 0 Å². The Morgan fingerprint density at radius 1 is 1.38 bits per heavy atom. The van der Waals surface area contributed by atoms with E-state index >= 15 is 0 Å². The molecule has 5 heteroatoms. The lowest BCUT2D eigenvalue weighted by Crippen LogP contribution is -2.39. The molecule has 1 aliphatic rings. The Morgan fingerprint density at radius 3 is 2.92 bits per heavy atom. The fourth-order valence-electron chi connectivity index (χ4n) is 1.62. The van der Waals surface area contributed by atoms with E-state index in [1.165, 1.54) is 6.07 Å². The first-order valence-corrected chi connectivity index (χ1v) is 4.24. The number of rotatable bonds is 0. The standard InChI is InChI=1S/C8H11N3O2/c1-10-3-2-4-11-7(10)5-6(12)9-8(11)13/h5H,2-4H2,1H3,(H,9,12,13). The van der Waals surface area contributed by atoms with Crippen LogP contribution >= 0.6 is 0 Å². The third-order valence-electron chi connectivity index (χ3n) is 2.28. The van der Waals surface area contributed by atoms with E-state index in [-0.39, 0.29) is 11.2 Å². The second kappa shape index (κ2) is 2.76. The third kappa shape index (κ3) is 1.26. The van der Waals surface area contributed by atoms with Gasteiger partial charge in [0.05, 0.1) is 0 Å². The molecule has 0 unspecified atom stereocenters. The number of H-pyrrole nitrogens is 1. The summed E-state index contributed by atoms with van der Waals surface area (Å²) in [7, 11) is 1.88. The summed E-state index contributed by atoms with van der Waals surface area (Å²) in [6.07, 6.45) is 0.940. The quantitative estimate of drug-likeness (QED) is 0.580. The van der Waals surface area contributed by atoms with Crippen LogP contribution < -0.4 is 16.1 Å². The highest BCUT2D eigenvalue weighted by molar-refractivity contribution is 5.38. The first kappa shape index (κ1) is 8.10. The number of aromatic nitrogens is 2. The minimum absolute atomic E-state index is 0.311. The number of aromatic amines is 1. The molecule has 13 heavy (non-hydrogen) atoms. The fraction of sp³-hybridized carbons (Fsp3) is 0.500. The molecule has 1 aromatic rings. The van der Waals surface area contributed by atoms with Gasteiger partial charge in [-0.1, -0.05) is 0 Å². The van der Waals surface area contributed by atoms with Crippen molar-refractivity contribution in [2.75, 3.05) is 18.5 Å². The molecule has 5 nitrogen and oxygen atoms in total. The number of hydrogen-bond donors (Lipinski definition) is 1. The highest BCUT2D eigenvalue weighted by Gasteiger charge is 2.14. The zero-order chi connectivity index (χ0) is 9.42. The van der Waals surface area contributed by atoms with Crippen LogP contribution in [0.5, 0.6) is 0 Å². The molecule has 1 aromatic heterocycles. The molecule has 0 saturated carbocycles. The molecule has 1 N–H and O–H groups in total. The topological polar surface area (TPSA) is 58.1 Å². The van der Waals surface area contributed by atoms with Gasteiger partial charge in [-0.2, -0.15) is 0 Å². The smallest absolute Gasteiger partial charge is 0.329 e. The molecule has 0 radical (unpaired) electrons. The molecule has 0 fully saturated rings. The molecule has 0 aliphatic carbocycles. The Hall–Kier alpha value is -1.52. The maximum Gasteiger partial charge on any atom is 0.329 e. The predicted octanol–water partition coefficient (Wildman–Crippen LogP) is -0.624. The van der Waals surface area contributed by atoms with Crippen molar-refractivity contribution in [1.29, 1.82) is 0 Å². The molecule has 0 aromatic carbocycles. The van der Waals surface area contributed by atoms with Gasteiger partial charge in [0.1, 0.15) is 5.82 Å². The highest BCUT2D eigenvalue weighted by atomic mass is 16.2. The number of nitrogens with zero attached hydrogens (tertiary/aromatic N) is 2. The normalized spacial score (nSPS) is 15.6. The number of nitrogens with one attached hydrogen (secondary N) is 1. The summed E-state index contributed by atoms with van der Waals surface area (Å²) in [4.78, 5) is 26.5. The van der Waals surface area contributed by atoms with E-state index in [0.717, 1.165) is 13.0 Å². The summed E-state index contributed by atoms with van der Waals surface area (Å²) in [6, 6.07) is 1.46. The van der Waals surface area contributed by atoms with Gasteiger partial charge in [0.25, 0.3) is 5.56 Å². The molecule has 2 heterocycles. The summed E-state index contributed by atoms with van der Waals surface area (Å²) in [5.41, 5.74) is -0.640. The van der Waals surface area contributed by atoms with E-state index in [4.69, 9.17) is 0 Å². The van der Waals surface area contributed by atoms with Gasteiger partial charge in [0.15, 0.2) is 0 Å². The summed E-state index contributed by atoms with van der Waals surface area (Å²) >= 11 is 0. The van der Waals surface area contributed by atoms with Gasteiger partial charge < -0.3 is 4.90 Å². The summed E-state index contributed by atoms with van der Waals surface area (Å²) in [5.74, 6) is 0.708. The molecular weight excluding hydrogens is 170 g/mol. The number of hydrogen-bond acceptors (Lipinski definition) is 3. The van der Waals surface area contributed by atoms with Crippen molar-refractivity contribution < 1.29 is 0 Å². The molecule has 0 bridgehead atoms. The molecule has 0 atom stereocenters.